The third kappa shape index (κ3) is 2.97. The van der Waals surface area contributed by atoms with E-state index in [0.29, 0.717) is 47.1 Å². The van der Waals surface area contributed by atoms with Gasteiger partial charge in [-0.05, 0) is 24.3 Å². The molecular weight excluding hydrogens is 429 g/mol. The minimum absolute atomic E-state index is 0.00317. The highest BCUT2D eigenvalue weighted by atomic mass is 19.1. The Labute approximate surface area is 185 Å². The molecule has 164 valence electrons. The largest absolute Gasteiger partial charge is 0.493 e. The molecule has 2 N–H and O–H groups in total. The fourth-order valence-electron chi connectivity index (χ4n) is 4.21. The van der Waals surface area contributed by atoms with Crippen molar-refractivity contribution in [3.8, 4) is 16.9 Å². The van der Waals surface area contributed by atoms with Gasteiger partial charge in [0, 0.05) is 41.4 Å². The highest BCUT2D eigenvalue weighted by Gasteiger charge is 2.21. The molecule has 1 aromatic carbocycles. The van der Waals surface area contributed by atoms with Crippen LogP contribution in [0.15, 0.2) is 49.3 Å². The zero-order valence-corrected chi connectivity index (χ0v) is 17.1. The van der Waals surface area contributed by atoms with E-state index in [1.54, 1.807) is 35.3 Å². The van der Waals surface area contributed by atoms with Crippen LogP contribution in [-0.4, -0.2) is 46.6 Å². The second-order valence-electron chi connectivity index (χ2n) is 7.53. The average Bonchev–Trinajstić information content (AvgIpc) is 3.57. The van der Waals surface area contributed by atoms with Gasteiger partial charge in [-0.25, -0.2) is 28.7 Å². The number of imidazole rings is 1. The van der Waals surface area contributed by atoms with Crippen molar-refractivity contribution in [3.05, 3.63) is 72.0 Å². The molecule has 0 radical (unpaired) electrons. The van der Waals surface area contributed by atoms with Gasteiger partial charge in [0.1, 0.15) is 24.2 Å². The van der Waals surface area contributed by atoms with Crippen molar-refractivity contribution in [2.75, 3.05) is 11.9 Å². The summed E-state index contributed by atoms with van der Waals surface area (Å²) in [6, 6.07) is 6.21. The second-order valence-corrected chi connectivity index (χ2v) is 7.53. The van der Waals surface area contributed by atoms with Gasteiger partial charge in [0.05, 0.1) is 18.3 Å². The van der Waals surface area contributed by atoms with E-state index in [0.717, 1.165) is 11.1 Å². The van der Waals surface area contributed by atoms with E-state index in [-0.39, 0.29) is 18.1 Å². The Morgan fingerprint density at radius 3 is 2.97 bits per heavy atom. The van der Waals surface area contributed by atoms with Crippen LogP contribution in [0, 0.1) is 5.82 Å². The average molecular weight is 445 g/mol. The number of nitrogens with zero attached hydrogens (tertiary/aromatic N) is 6. The second kappa shape index (κ2) is 7.26. The SMILES string of the molecule is O=C(O)c1ccc(-c2cnc(NCc3c(F)ccc4c3CCO4)n3cncc23)c2ncnn12. The number of halogens is 1. The molecule has 0 fully saturated rings. The molecule has 0 saturated heterocycles. The molecule has 33 heavy (non-hydrogen) atoms. The fourth-order valence-corrected chi connectivity index (χ4v) is 4.21. The fraction of sp³-hybridized carbons (Fsp3) is 0.136. The molecule has 5 heterocycles. The minimum Gasteiger partial charge on any atom is -0.493 e. The predicted molar refractivity (Wildman–Crippen MR) is 115 cm³/mol. The Hall–Kier alpha value is -4.54. The van der Waals surface area contributed by atoms with Crippen molar-refractivity contribution in [1.29, 1.82) is 0 Å². The molecule has 0 atom stereocenters. The summed E-state index contributed by atoms with van der Waals surface area (Å²) in [4.78, 5) is 24.5. The lowest BCUT2D eigenvalue weighted by atomic mass is 10.0. The summed E-state index contributed by atoms with van der Waals surface area (Å²) in [5.74, 6) is -0.194. The molecule has 0 amide bonds. The summed E-state index contributed by atoms with van der Waals surface area (Å²) >= 11 is 0. The van der Waals surface area contributed by atoms with Crippen molar-refractivity contribution in [3.63, 3.8) is 0 Å². The number of aromatic carboxylic acids is 1. The van der Waals surface area contributed by atoms with Crippen LogP contribution in [0.1, 0.15) is 21.6 Å². The first-order valence-corrected chi connectivity index (χ1v) is 10.2. The van der Waals surface area contributed by atoms with Crippen LogP contribution in [0.5, 0.6) is 5.75 Å². The number of carboxylic acid groups (broad SMARTS) is 1. The third-order valence-corrected chi connectivity index (χ3v) is 5.76. The van der Waals surface area contributed by atoms with E-state index in [1.807, 2.05) is 0 Å². The van der Waals surface area contributed by atoms with E-state index >= 15 is 0 Å². The van der Waals surface area contributed by atoms with Gasteiger partial charge in [-0.2, -0.15) is 5.10 Å². The molecule has 11 heteroatoms. The van der Waals surface area contributed by atoms with Gasteiger partial charge in [-0.3, -0.25) is 4.40 Å². The molecular formula is C22H16FN7O3. The van der Waals surface area contributed by atoms with Crippen LogP contribution < -0.4 is 10.1 Å². The number of carboxylic acids is 1. The number of hydrogen-bond donors (Lipinski definition) is 2. The third-order valence-electron chi connectivity index (χ3n) is 5.76. The smallest absolute Gasteiger partial charge is 0.354 e. The van der Waals surface area contributed by atoms with E-state index in [9.17, 15) is 14.3 Å². The summed E-state index contributed by atoms with van der Waals surface area (Å²) in [7, 11) is 0. The van der Waals surface area contributed by atoms with Gasteiger partial charge >= 0.3 is 5.97 Å². The summed E-state index contributed by atoms with van der Waals surface area (Å²) in [6.45, 7) is 0.780. The van der Waals surface area contributed by atoms with E-state index in [1.165, 1.54) is 23.0 Å². The lowest BCUT2D eigenvalue weighted by Gasteiger charge is -2.13. The van der Waals surface area contributed by atoms with E-state index in [4.69, 9.17) is 4.74 Å². The number of nitrogens with one attached hydrogen (secondary N) is 1. The molecule has 10 nitrogen and oxygen atoms in total. The first-order valence-electron chi connectivity index (χ1n) is 10.2. The first kappa shape index (κ1) is 19.2. The minimum atomic E-state index is -1.10. The van der Waals surface area contributed by atoms with Gasteiger partial charge in [0.2, 0.25) is 5.95 Å². The summed E-state index contributed by atoms with van der Waals surface area (Å²) in [5.41, 5.74) is 3.90. The van der Waals surface area contributed by atoms with Gasteiger partial charge in [0.15, 0.2) is 11.3 Å². The van der Waals surface area contributed by atoms with Crippen LogP contribution in [-0.2, 0) is 13.0 Å². The lowest BCUT2D eigenvalue weighted by Crippen LogP contribution is -2.10. The lowest BCUT2D eigenvalue weighted by molar-refractivity contribution is 0.0687. The Bertz CT molecular complexity index is 1560. The number of rotatable bonds is 5. The van der Waals surface area contributed by atoms with Gasteiger partial charge in [0.25, 0.3) is 0 Å². The molecule has 0 spiro atoms. The number of fused-ring (bicyclic) bond motifs is 3. The van der Waals surface area contributed by atoms with Crippen LogP contribution in [0.3, 0.4) is 0 Å². The Balaban J connectivity index is 1.40. The molecule has 0 saturated carbocycles. The van der Waals surface area contributed by atoms with Crippen LogP contribution >= 0.6 is 0 Å². The van der Waals surface area contributed by atoms with Crippen molar-refractivity contribution in [1.82, 2.24) is 29.0 Å². The molecule has 6 rings (SSSR count). The van der Waals surface area contributed by atoms with Gasteiger partial charge < -0.3 is 15.2 Å². The Morgan fingerprint density at radius 2 is 2.09 bits per heavy atom. The van der Waals surface area contributed by atoms with Gasteiger partial charge in [-0.1, -0.05) is 0 Å². The zero-order valence-electron chi connectivity index (χ0n) is 17.1. The topological polar surface area (TPSA) is 119 Å². The standard InChI is InChI=1S/C22H16FN7O3/c23-16-2-4-19-12(5-6-33-19)14(16)7-25-22-26-8-15(18-9-24-11-29(18)22)13-1-3-17(21(31)32)30-20(13)27-10-28-30/h1-4,8-11H,5-7H2,(H,25,26)(H,31,32). The van der Waals surface area contributed by atoms with Crippen molar-refractivity contribution < 1.29 is 19.0 Å². The number of ether oxygens (including phenoxy) is 1. The molecule has 0 bridgehead atoms. The van der Waals surface area contributed by atoms with Crippen LogP contribution in [0.25, 0.3) is 22.3 Å². The molecule has 1 aliphatic rings. The normalized spacial score (nSPS) is 12.8. The Morgan fingerprint density at radius 1 is 1.18 bits per heavy atom. The van der Waals surface area contributed by atoms with Crippen molar-refractivity contribution >= 4 is 23.1 Å². The van der Waals surface area contributed by atoms with Crippen LogP contribution in [0.4, 0.5) is 10.3 Å². The zero-order chi connectivity index (χ0) is 22.5. The predicted octanol–water partition coefficient (Wildman–Crippen LogP) is 2.82. The summed E-state index contributed by atoms with van der Waals surface area (Å²) in [5, 5.41) is 16.6. The molecule has 0 unspecified atom stereocenters. The summed E-state index contributed by atoms with van der Waals surface area (Å²) < 4.78 is 23.1. The quantitative estimate of drug-likeness (QED) is 0.424. The van der Waals surface area contributed by atoms with Crippen molar-refractivity contribution in [2.45, 2.75) is 13.0 Å². The molecule has 5 aromatic rings. The van der Waals surface area contributed by atoms with E-state index < -0.39 is 5.97 Å². The first-order chi connectivity index (χ1) is 16.1. The maximum absolute atomic E-state index is 14.5. The van der Waals surface area contributed by atoms with E-state index in [2.05, 4.69) is 25.4 Å². The molecule has 0 aliphatic carbocycles. The number of carbonyl (C=O) groups is 1. The maximum Gasteiger partial charge on any atom is 0.354 e. The highest BCUT2D eigenvalue weighted by molar-refractivity contribution is 5.92. The number of aromatic nitrogens is 6. The number of pyridine rings is 1. The van der Waals surface area contributed by atoms with Gasteiger partial charge in [-0.15, -0.1) is 0 Å². The van der Waals surface area contributed by atoms with Crippen molar-refractivity contribution in [2.24, 2.45) is 0 Å². The molecule has 4 aromatic heterocycles. The monoisotopic (exact) mass is 445 g/mol. The van der Waals surface area contributed by atoms with Crippen LogP contribution in [0.2, 0.25) is 0 Å². The maximum atomic E-state index is 14.5. The molecule has 1 aliphatic heterocycles. The highest BCUT2D eigenvalue weighted by Crippen LogP contribution is 2.32. The number of benzene rings is 1. The Kier molecular flexibility index (Phi) is 4.22. The number of hydrogen-bond acceptors (Lipinski definition) is 7. The number of anilines is 1. The summed E-state index contributed by atoms with van der Waals surface area (Å²) in [6.07, 6.45) is 6.90.